The second kappa shape index (κ2) is 13.2. The van der Waals surface area contributed by atoms with Crippen molar-refractivity contribution in [3.63, 3.8) is 0 Å². The van der Waals surface area contributed by atoms with Crippen LogP contribution < -0.4 is 5.32 Å². The number of amides is 2. The van der Waals surface area contributed by atoms with Crippen molar-refractivity contribution in [1.29, 1.82) is 0 Å². The maximum atomic E-state index is 13.4. The number of allylic oxidation sites excluding steroid dienone is 2. The molecule has 200 valence electrons. The zero-order valence-electron chi connectivity index (χ0n) is 22.7. The molecule has 1 fully saturated rings. The van der Waals surface area contributed by atoms with Gasteiger partial charge in [0.2, 0.25) is 5.91 Å². The van der Waals surface area contributed by atoms with Gasteiger partial charge in [-0.2, -0.15) is 5.10 Å². The normalized spacial score (nSPS) is 16.8. The Morgan fingerprint density at radius 3 is 2.57 bits per heavy atom. The van der Waals surface area contributed by atoms with Crippen molar-refractivity contribution in [2.45, 2.75) is 65.5 Å². The van der Waals surface area contributed by atoms with Crippen molar-refractivity contribution in [3.05, 3.63) is 71.1 Å². The summed E-state index contributed by atoms with van der Waals surface area (Å²) in [6.07, 6.45) is 8.66. The molecule has 2 N–H and O–H groups in total. The number of hydrogen-bond donors (Lipinski definition) is 2. The van der Waals surface area contributed by atoms with E-state index >= 15 is 0 Å². The van der Waals surface area contributed by atoms with Crippen LogP contribution in [0, 0.1) is 6.92 Å². The Balaban J connectivity index is 0.00000121. The first-order chi connectivity index (χ1) is 17.8. The number of benzene rings is 1. The number of hydrogen-bond acceptors (Lipinski definition) is 5. The molecule has 2 amide bonds. The lowest BCUT2D eigenvalue weighted by Crippen LogP contribution is -2.40. The number of rotatable bonds is 5. The van der Waals surface area contributed by atoms with Gasteiger partial charge in [-0.15, -0.1) is 6.58 Å². The molecule has 8 heteroatoms. The molecule has 1 aromatic carbocycles. The molecule has 3 heterocycles. The van der Waals surface area contributed by atoms with E-state index in [1.165, 1.54) is 0 Å². The highest BCUT2D eigenvalue weighted by Gasteiger charge is 2.25. The molecule has 2 aliphatic rings. The van der Waals surface area contributed by atoms with Crippen LogP contribution in [0.15, 0.2) is 48.8 Å². The average Bonchev–Trinajstić information content (AvgIpc) is 3.10. The molecule has 4 rings (SSSR count). The summed E-state index contributed by atoms with van der Waals surface area (Å²) < 4.78 is 1.80. The highest BCUT2D eigenvalue weighted by molar-refractivity contribution is 5.95. The van der Waals surface area contributed by atoms with Crippen molar-refractivity contribution in [3.8, 4) is 0 Å². The van der Waals surface area contributed by atoms with Crippen LogP contribution in [0.2, 0.25) is 0 Å². The number of aromatic nitrogens is 2. The molecule has 2 aliphatic heterocycles. The van der Waals surface area contributed by atoms with Crippen LogP contribution in [0.5, 0.6) is 0 Å². The van der Waals surface area contributed by atoms with E-state index in [0.717, 1.165) is 34.6 Å². The Hall–Kier alpha value is -3.39. The Morgan fingerprint density at radius 2 is 1.92 bits per heavy atom. The first-order valence-corrected chi connectivity index (χ1v) is 13.2. The minimum atomic E-state index is -0.283. The third-order valence-corrected chi connectivity index (χ3v) is 6.77. The van der Waals surface area contributed by atoms with Crippen molar-refractivity contribution in [2.24, 2.45) is 7.05 Å². The lowest BCUT2D eigenvalue weighted by molar-refractivity contribution is -0.133. The molecule has 0 spiro atoms. The Kier molecular flexibility index (Phi) is 10.1. The van der Waals surface area contributed by atoms with Gasteiger partial charge >= 0.3 is 0 Å². The fraction of sp³-hybridized carbons (Fsp3) is 0.483. The van der Waals surface area contributed by atoms with Crippen molar-refractivity contribution in [2.75, 3.05) is 25.0 Å². The van der Waals surface area contributed by atoms with Crippen molar-refractivity contribution in [1.82, 2.24) is 19.6 Å². The molecule has 37 heavy (non-hydrogen) atoms. The van der Waals surface area contributed by atoms with Crippen molar-refractivity contribution < 1.29 is 14.7 Å². The molecule has 0 aliphatic carbocycles. The van der Waals surface area contributed by atoms with E-state index in [4.69, 9.17) is 0 Å². The third kappa shape index (κ3) is 7.32. The molecular formula is C29H41N5O3. The number of fused-ring (bicyclic) bond motifs is 1. The van der Waals surface area contributed by atoms with Crippen LogP contribution in [0.4, 0.5) is 5.82 Å². The molecule has 0 atom stereocenters. The Morgan fingerprint density at radius 1 is 1.22 bits per heavy atom. The van der Waals surface area contributed by atoms with E-state index in [9.17, 15) is 14.7 Å². The standard InChI is InChI=1S/C26H35N5O3.C3H6/c1-4-5-22-17-31(16-21-15-27-29(3)25(21)28-22)26(34)20-7-6-19(18(2)14-20)8-9-24(33)30-12-10-23(32)11-13-30;1-3-2/h5-7,14-15,23,28,32H,4,8-13,16-17H2,1-3H3;3H,1H2,2H3/b22-5+;. The summed E-state index contributed by atoms with van der Waals surface area (Å²) in [7, 11) is 1.90. The van der Waals surface area contributed by atoms with Gasteiger partial charge in [0.15, 0.2) is 0 Å². The Bertz CT molecular complexity index is 1130. The van der Waals surface area contributed by atoms with E-state index < -0.39 is 0 Å². The summed E-state index contributed by atoms with van der Waals surface area (Å²) >= 11 is 0. The van der Waals surface area contributed by atoms with Crippen LogP contribution in [0.3, 0.4) is 0 Å². The van der Waals surface area contributed by atoms with Gasteiger partial charge in [0.1, 0.15) is 5.82 Å². The van der Waals surface area contributed by atoms with Gasteiger partial charge in [-0.3, -0.25) is 14.3 Å². The lowest BCUT2D eigenvalue weighted by Gasteiger charge is -2.29. The van der Waals surface area contributed by atoms with Gasteiger partial charge in [0, 0.05) is 43.4 Å². The number of nitrogens with zero attached hydrogens (tertiary/aromatic N) is 4. The number of aryl methyl sites for hydroxylation is 3. The molecule has 0 saturated carbocycles. The minimum Gasteiger partial charge on any atom is -0.393 e. The number of nitrogens with one attached hydrogen (secondary N) is 1. The molecule has 0 bridgehead atoms. The highest BCUT2D eigenvalue weighted by atomic mass is 16.3. The molecule has 0 unspecified atom stereocenters. The Labute approximate surface area is 220 Å². The smallest absolute Gasteiger partial charge is 0.254 e. The van der Waals surface area contributed by atoms with Crippen LogP contribution in [0.25, 0.3) is 0 Å². The first-order valence-electron chi connectivity index (χ1n) is 13.2. The molecule has 2 aromatic rings. The van der Waals surface area contributed by atoms with Gasteiger partial charge in [-0.25, -0.2) is 0 Å². The van der Waals surface area contributed by atoms with E-state index in [-0.39, 0.29) is 17.9 Å². The van der Waals surface area contributed by atoms with Gasteiger partial charge in [0.25, 0.3) is 5.91 Å². The second-order valence-electron chi connectivity index (χ2n) is 9.73. The van der Waals surface area contributed by atoms with E-state index in [1.54, 1.807) is 10.8 Å². The molecular weight excluding hydrogens is 466 g/mol. The maximum absolute atomic E-state index is 13.4. The van der Waals surface area contributed by atoms with E-state index in [0.29, 0.717) is 57.4 Å². The third-order valence-electron chi connectivity index (χ3n) is 6.77. The van der Waals surface area contributed by atoms with Crippen molar-refractivity contribution >= 4 is 17.6 Å². The second-order valence-corrected chi connectivity index (χ2v) is 9.73. The zero-order valence-corrected chi connectivity index (χ0v) is 22.7. The minimum absolute atomic E-state index is 0.0156. The SMILES string of the molecule is C=CC.CC/C=C1\CN(C(=O)c2ccc(CCC(=O)N3CCC(O)CC3)c(C)c2)Cc2cnn(C)c2N1. The molecule has 8 nitrogen and oxygen atoms in total. The van der Waals surface area contributed by atoms with Crippen LogP contribution in [-0.2, 0) is 24.8 Å². The summed E-state index contributed by atoms with van der Waals surface area (Å²) in [6.45, 7) is 11.6. The predicted octanol–water partition coefficient (Wildman–Crippen LogP) is 4.20. The number of anilines is 1. The number of piperidine rings is 1. The highest BCUT2D eigenvalue weighted by Crippen LogP contribution is 2.25. The fourth-order valence-corrected chi connectivity index (χ4v) is 4.73. The topological polar surface area (TPSA) is 90.7 Å². The number of carbonyl (C=O) groups is 2. The quantitative estimate of drug-likeness (QED) is 0.592. The van der Waals surface area contributed by atoms with Crippen LogP contribution in [-0.4, -0.2) is 62.2 Å². The number of aliphatic hydroxyl groups excluding tert-OH is 1. The number of aliphatic hydroxyl groups is 1. The van der Waals surface area contributed by atoms with Gasteiger partial charge in [-0.05, 0) is 62.8 Å². The first kappa shape index (κ1) is 28.2. The summed E-state index contributed by atoms with van der Waals surface area (Å²) in [4.78, 5) is 29.7. The van der Waals surface area contributed by atoms with E-state index in [2.05, 4.69) is 30.0 Å². The summed E-state index contributed by atoms with van der Waals surface area (Å²) in [6, 6.07) is 5.79. The monoisotopic (exact) mass is 507 g/mol. The molecule has 0 radical (unpaired) electrons. The maximum Gasteiger partial charge on any atom is 0.254 e. The largest absolute Gasteiger partial charge is 0.393 e. The lowest BCUT2D eigenvalue weighted by atomic mass is 9.99. The average molecular weight is 508 g/mol. The van der Waals surface area contributed by atoms with Gasteiger partial charge in [0.05, 0.1) is 25.4 Å². The number of likely N-dealkylation sites (tertiary alicyclic amines) is 1. The molecule has 1 saturated heterocycles. The van der Waals surface area contributed by atoms with Crippen LogP contribution >= 0.6 is 0 Å². The van der Waals surface area contributed by atoms with E-state index in [1.807, 2.05) is 55.1 Å². The summed E-state index contributed by atoms with van der Waals surface area (Å²) in [5, 5.41) is 17.4. The summed E-state index contributed by atoms with van der Waals surface area (Å²) in [5.74, 6) is 1.04. The van der Waals surface area contributed by atoms with Crippen LogP contribution in [0.1, 0.15) is 66.6 Å². The summed E-state index contributed by atoms with van der Waals surface area (Å²) in [5.41, 5.74) is 4.75. The predicted molar refractivity (Wildman–Crippen MR) is 147 cm³/mol. The zero-order chi connectivity index (χ0) is 26.9. The van der Waals surface area contributed by atoms with Gasteiger partial charge < -0.3 is 20.2 Å². The number of carbonyl (C=O) groups excluding carboxylic acids is 2. The molecule has 1 aromatic heterocycles. The fourth-order valence-electron chi connectivity index (χ4n) is 4.73. The van der Waals surface area contributed by atoms with Gasteiger partial charge in [-0.1, -0.05) is 25.1 Å².